The molecule has 0 aliphatic carbocycles. The van der Waals surface area contributed by atoms with Crippen LogP contribution in [-0.2, 0) is 0 Å². The van der Waals surface area contributed by atoms with Gasteiger partial charge in [-0.2, -0.15) is 0 Å². The van der Waals surface area contributed by atoms with E-state index in [2.05, 4.69) is 158 Å². The molecule has 0 bridgehead atoms. The number of rotatable bonds is 6. The van der Waals surface area contributed by atoms with Crippen LogP contribution in [0.2, 0.25) is 0 Å². The van der Waals surface area contributed by atoms with Crippen molar-refractivity contribution in [3.05, 3.63) is 158 Å². The van der Waals surface area contributed by atoms with Crippen LogP contribution in [0.5, 0.6) is 0 Å². The van der Waals surface area contributed by atoms with Crippen molar-refractivity contribution in [2.24, 2.45) is 0 Å². The van der Waals surface area contributed by atoms with Crippen LogP contribution in [0.15, 0.2) is 158 Å². The molecule has 0 saturated carbocycles. The molecule has 5 aromatic rings. The Morgan fingerprint density at radius 1 is 0.424 bits per heavy atom. The third-order valence-electron chi connectivity index (χ3n) is 6.73. The summed E-state index contributed by atoms with van der Waals surface area (Å²) in [7, 11) is 0. The summed E-state index contributed by atoms with van der Waals surface area (Å²) in [6, 6.07) is 52.4. The van der Waals surface area contributed by atoms with E-state index in [4.69, 9.17) is 0 Å². The van der Waals surface area contributed by atoms with Crippen LogP contribution >= 0.6 is 6.60 Å². The van der Waals surface area contributed by atoms with Gasteiger partial charge in [0.05, 0.1) is 0 Å². The van der Waals surface area contributed by atoms with E-state index in [0.29, 0.717) is 0 Å². The minimum atomic E-state index is -3.32. The predicted molar refractivity (Wildman–Crippen MR) is 147 cm³/mol. The van der Waals surface area contributed by atoms with Crippen LogP contribution in [0.4, 0.5) is 0 Å². The van der Waals surface area contributed by atoms with E-state index in [0.717, 1.165) is 0 Å². The predicted octanol–water partition coefficient (Wildman–Crippen LogP) is 6.65. The van der Waals surface area contributed by atoms with E-state index >= 15 is 0 Å². The summed E-state index contributed by atoms with van der Waals surface area (Å²) >= 11 is 0. The quantitative estimate of drug-likeness (QED) is 0.258. The van der Waals surface area contributed by atoms with Gasteiger partial charge in [-0.1, -0.05) is 0 Å². The summed E-state index contributed by atoms with van der Waals surface area (Å²) in [6.45, 7) is 1.29. The molecule has 0 unspecified atom stereocenters. The van der Waals surface area contributed by atoms with E-state index in [-0.39, 0.29) is 0 Å². The van der Waals surface area contributed by atoms with E-state index in [1.54, 1.807) is 0 Å². The molecule has 0 saturated heterocycles. The molecule has 0 atom stereocenters. The van der Waals surface area contributed by atoms with Gasteiger partial charge in [-0.15, -0.1) is 0 Å². The fourth-order valence-corrected chi connectivity index (χ4v) is 11.3. The number of hydrogen-bond acceptors (Lipinski definition) is 0. The Kier molecular flexibility index (Phi) is 5.55. The average Bonchev–Trinajstić information content (AvgIpc) is 2.93. The Hall–Kier alpha value is -3.73. The van der Waals surface area contributed by atoms with Crippen LogP contribution in [0, 0.1) is 0 Å². The van der Waals surface area contributed by atoms with Crippen LogP contribution in [0.1, 0.15) is 0 Å². The number of hydrogen-bond donors (Lipinski definition) is 0. The standard InChI is InChI=1S/C32H27P/c1-2-33(28-19-9-4-10-20-28,29-21-11-5-12-22-29,30-23-13-6-14-24-30)32-26-16-15-25-31(32)27-17-7-3-8-18-27/h2-26H,1H2. The third-order valence-corrected chi connectivity index (χ3v) is 13.0. The van der Waals surface area contributed by atoms with Gasteiger partial charge in [-0.05, 0) is 0 Å². The molecular weight excluding hydrogens is 415 g/mol. The van der Waals surface area contributed by atoms with Crippen molar-refractivity contribution in [2.45, 2.75) is 0 Å². The van der Waals surface area contributed by atoms with Gasteiger partial charge in [-0.25, -0.2) is 0 Å². The second-order valence-corrected chi connectivity index (χ2v) is 13.0. The summed E-state index contributed by atoms with van der Waals surface area (Å²) in [5, 5.41) is 5.19. The average molecular weight is 443 g/mol. The van der Waals surface area contributed by atoms with Crippen LogP contribution < -0.4 is 21.2 Å². The Labute approximate surface area is 196 Å². The first-order chi connectivity index (χ1) is 16.3. The Morgan fingerprint density at radius 2 is 0.788 bits per heavy atom. The Bertz CT molecular complexity index is 1260. The molecule has 0 heterocycles. The zero-order valence-electron chi connectivity index (χ0n) is 18.6. The van der Waals surface area contributed by atoms with Crippen molar-refractivity contribution in [2.75, 3.05) is 0 Å². The molecule has 0 aromatic heterocycles. The van der Waals surface area contributed by atoms with E-state index in [1.165, 1.54) is 32.3 Å². The summed E-state index contributed by atoms with van der Waals surface area (Å²) in [5.74, 6) is 2.27. The molecule has 5 rings (SSSR count). The van der Waals surface area contributed by atoms with E-state index in [1.807, 2.05) is 0 Å². The fraction of sp³-hybridized carbons (Fsp3) is 0. The second-order valence-electron chi connectivity index (χ2n) is 8.26. The third kappa shape index (κ3) is 3.10. The van der Waals surface area contributed by atoms with Gasteiger partial charge in [0.2, 0.25) is 0 Å². The summed E-state index contributed by atoms with van der Waals surface area (Å²) in [4.78, 5) is 0. The Morgan fingerprint density at radius 3 is 1.21 bits per heavy atom. The fourth-order valence-electron chi connectivity index (χ4n) is 5.23. The summed E-state index contributed by atoms with van der Waals surface area (Å²) in [5.41, 5.74) is 2.46. The van der Waals surface area contributed by atoms with Crippen LogP contribution in [0.3, 0.4) is 0 Å². The van der Waals surface area contributed by atoms with Gasteiger partial charge < -0.3 is 0 Å². The van der Waals surface area contributed by atoms with Gasteiger partial charge in [0.1, 0.15) is 0 Å². The molecule has 0 amide bonds. The summed E-state index contributed by atoms with van der Waals surface area (Å²) in [6.07, 6.45) is 0. The van der Waals surface area contributed by atoms with Gasteiger partial charge in [0.25, 0.3) is 0 Å². The van der Waals surface area contributed by atoms with Crippen molar-refractivity contribution in [1.82, 2.24) is 0 Å². The first-order valence-corrected chi connectivity index (χ1v) is 13.6. The first kappa shape index (κ1) is 21.1. The molecule has 0 aliphatic rings. The molecule has 0 aliphatic heterocycles. The molecule has 0 N–H and O–H groups in total. The molecular formula is C32H27P. The molecule has 5 aromatic carbocycles. The SMILES string of the molecule is C=CP(c1ccccc1)(c1ccccc1)(c1ccccc1)c1ccccc1-c1ccccc1. The van der Waals surface area contributed by atoms with Crippen molar-refractivity contribution in [3.8, 4) is 11.1 Å². The van der Waals surface area contributed by atoms with Crippen molar-refractivity contribution in [3.63, 3.8) is 0 Å². The van der Waals surface area contributed by atoms with Gasteiger partial charge in [-0.3, -0.25) is 0 Å². The van der Waals surface area contributed by atoms with E-state index in [9.17, 15) is 0 Å². The van der Waals surface area contributed by atoms with Gasteiger partial charge in [0.15, 0.2) is 0 Å². The normalized spacial score (nSPS) is 12.4. The molecule has 0 spiro atoms. The van der Waals surface area contributed by atoms with Gasteiger partial charge in [0, 0.05) is 0 Å². The minimum absolute atomic E-state index is 1.21. The van der Waals surface area contributed by atoms with Crippen molar-refractivity contribution in [1.29, 1.82) is 0 Å². The molecule has 0 radical (unpaired) electrons. The first-order valence-electron chi connectivity index (χ1n) is 11.3. The maximum absolute atomic E-state index is 4.60. The second kappa shape index (κ2) is 8.66. The zero-order valence-corrected chi connectivity index (χ0v) is 19.5. The molecule has 0 nitrogen and oxygen atoms in total. The van der Waals surface area contributed by atoms with Crippen LogP contribution in [0.25, 0.3) is 11.1 Å². The topological polar surface area (TPSA) is 0 Å². The van der Waals surface area contributed by atoms with E-state index < -0.39 is 6.60 Å². The summed E-state index contributed by atoms with van der Waals surface area (Å²) < 4.78 is 0. The van der Waals surface area contributed by atoms with Gasteiger partial charge >= 0.3 is 197 Å². The molecule has 33 heavy (non-hydrogen) atoms. The zero-order chi connectivity index (χ0) is 22.6. The van der Waals surface area contributed by atoms with Crippen molar-refractivity contribution < 1.29 is 0 Å². The number of benzene rings is 5. The monoisotopic (exact) mass is 442 g/mol. The molecule has 1 heteroatoms. The van der Waals surface area contributed by atoms with Crippen molar-refractivity contribution >= 4 is 27.8 Å². The molecule has 160 valence electrons. The van der Waals surface area contributed by atoms with Crippen LogP contribution in [-0.4, -0.2) is 0 Å². The maximum atomic E-state index is 4.60. The Balaban J connectivity index is 2.06. The molecule has 0 fully saturated rings.